The Morgan fingerprint density at radius 3 is 3.04 bits per heavy atom. The van der Waals surface area contributed by atoms with Crippen molar-refractivity contribution in [1.29, 1.82) is 0 Å². The number of carbonyl (C=O) groups is 1. The largest absolute Gasteiger partial charge is 0.393 e. The van der Waals surface area contributed by atoms with Crippen molar-refractivity contribution in [3.05, 3.63) is 46.8 Å². The Morgan fingerprint density at radius 2 is 2.30 bits per heavy atom. The van der Waals surface area contributed by atoms with Crippen LogP contribution in [-0.4, -0.2) is 38.8 Å². The Bertz CT molecular complexity index is 695. The molecule has 3 N–H and O–H groups in total. The fourth-order valence-corrected chi connectivity index (χ4v) is 3.17. The number of aromatic nitrogens is 3. The summed E-state index contributed by atoms with van der Waals surface area (Å²) in [5.74, 6) is -0.352. The number of hydrogen-bond acceptors (Lipinski definition) is 4. The monoisotopic (exact) mass is 338 g/mol. The standard InChI is InChI=1S/C15H16ClFN4O2/c16-13-10(2-1-3-11(13)17)15(23)18-6-9-4-8(5-12(9)22)14-19-7-20-21-14/h1-3,7-9,12,22H,4-6H2,(H,18,23)(H,19,20,21)/t8-,9+,12+/m1/s1. The van der Waals surface area contributed by atoms with Crippen molar-refractivity contribution in [2.75, 3.05) is 6.54 Å². The molecule has 0 spiro atoms. The number of carbonyl (C=O) groups excluding carboxylic acids is 1. The number of H-pyrrole nitrogens is 1. The molecule has 1 aromatic heterocycles. The lowest BCUT2D eigenvalue weighted by Gasteiger charge is -2.15. The molecule has 1 aromatic carbocycles. The minimum Gasteiger partial charge on any atom is -0.393 e. The number of nitrogens with one attached hydrogen (secondary N) is 2. The summed E-state index contributed by atoms with van der Waals surface area (Å²) in [4.78, 5) is 16.2. The van der Waals surface area contributed by atoms with Crippen LogP contribution in [0.3, 0.4) is 0 Å². The summed E-state index contributed by atoms with van der Waals surface area (Å²) in [6, 6.07) is 4.09. The number of aliphatic hydroxyl groups excluding tert-OH is 1. The maximum Gasteiger partial charge on any atom is 0.252 e. The molecule has 1 saturated carbocycles. The number of aliphatic hydroxyl groups is 1. The smallest absolute Gasteiger partial charge is 0.252 e. The Morgan fingerprint density at radius 1 is 1.48 bits per heavy atom. The lowest BCUT2D eigenvalue weighted by molar-refractivity contribution is 0.0916. The third-order valence-electron chi connectivity index (χ3n) is 4.20. The average molecular weight is 339 g/mol. The first-order chi connectivity index (χ1) is 11.1. The van der Waals surface area contributed by atoms with Crippen LogP contribution in [-0.2, 0) is 0 Å². The number of rotatable bonds is 4. The Labute approximate surface area is 137 Å². The molecule has 0 unspecified atom stereocenters. The fraction of sp³-hybridized carbons (Fsp3) is 0.400. The van der Waals surface area contributed by atoms with Gasteiger partial charge in [0.25, 0.3) is 5.91 Å². The van der Waals surface area contributed by atoms with Crippen LogP contribution in [0.25, 0.3) is 0 Å². The van der Waals surface area contributed by atoms with E-state index in [1.54, 1.807) is 0 Å². The van der Waals surface area contributed by atoms with E-state index >= 15 is 0 Å². The second-order valence-corrected chi connectivity index (χ2v) is 6.06. The van der Waals surface area contributed by atoms with Crippen molar-refractivity contribution in [3.8, 4) is 0 Å². The van der Waals surface area contributed by atoms with E-state index in [4.69, 9.17) is 11.6 Å². The van der Waals surface area contributed by atoms with Crippen LogP contribution < -0.4 is 5.32 Å². The lowest BCUT2D eigenvalue weighted by Crippen LogP contribution is -2.32. The van der Waals surface area contributed by atoms with E-state index in [0.717, 1.165) is 5.82 Å². The summed E-state index contributed by atoms with van der Waals surface area (Å²) in [6.07, 6.45) is 2.15. The van der Waals surface area contributed by atoms with Gasteiger partial charge in [0.15, 0.2) is 0 Å². The summed E-state index contributed by atoms with van der Waals surface area (Å²) in [5, 5.41) is 19.3. The highest BCUT2D eigenvalue weighted by atomic mass is 35.5. The molecule has 0 bridgehead atoms. The van der Waals surface area contributed by atoms with E-state index in [2.05, 4.69) is 20.5 Å². The Hall–Kier alpha value is -1.99. The molecular weight excluding hydrogens is 323 g/mol. The van der Waals surface area contributed by atoms with Gasteiger partial charge in [-0.2, -0.15) is 5.10 Å². The fourth-order valence-electron chi connectivity index (χ4n) is 2.96. The normalized spacial score (nSPS) is 23.9. The third-order valence-corrected chi connectivity index (χ3v) is 4.58. The number of nitrogens with zero attached hydrogens (tertiary/aromatic N) is 2. The molecule has 1 heterocycles. The number of benzene rings is 1. The summed E-state index contributed by atoms with van der Waals surface area (Å²) in [7, 11) is 0. The van der Waals surface area contributed by atoms with Crippen molar-refractivity contribution in [2.24, 2.45) is 5.92 Å². The molecule has 0 aliphatic heterocycles. The van der Waals surface area contributed by atoms with Crippen molar-refractivity contribution in [2.45, 2.75) is 24.9 Å². The second kappa shape index (κ2) is 6.64. The summed E-state index contributed by atoms with van der Waals surface area (Å²) in [5.41, 5.74) is 0.0888. The van der Waals surface area contributed by atoms with Gasteiger partial charge >= 0.3 is 0 Å². The van der Waals surface area contributed by atoms with Crippen LogP contribution in [0.4, 0.5) is 4.39 Å². The van der Waals surface area contributed by atoms with Crippen LogP contribution in [0.1, 0.15) is 34.9 Å². The molecule has 2 aromatic rings. The highest BCUT2D eigenvalue weighted by Crippen LogP contribution is 2.36. The molecule has 1 amide bonds. The maximum atomic E-state index is 13.4. The van der Waals surface area contributed by atoms with E-state index in [9.17, 15) is 14.3 Å². The van der Waals surface area contributed by atoms with Crippen LogP contribution >= 0.6 is 11.6 Å². The predicted molar refractivity (Wildman–Crippen MR) is 81.6 cm³/mol. The molecule has 0 saturated heterocycles. The first-order valence-corrected chi connectivity index (χ1v) is 7.69. The zero-order valence-electron chi connectivity index (χ0n) is 12.2. The summed E-state index contributed by atoms with van der Waals surface area (Å²) < 4.78 is 13.4. The van der Waals surface area contributed by atoms with Gasteiger partial charge in [0.05, 0.1) is 16.7 Å². The van der Waals surface area contributed by atoms with Gasteiger partial charge in [0, 0.05) is 18.4 Å². The molecule has 6 nitrogen and oxygen atoms in total. The lowest BCUT2D eigenvalue weighted by atomic mass is 10.0. The van der Waals surface area contributed by atoms with Gasteiger partial charge < -0.3 is 10.4 Å². The Kier molecular flexibility index (Phi) is 4.58. The van der Waals surface area contributed by atoms with Crippen LogP contribution in [0, 0.1) is 11.7 Å². The van der Waals surface area contributed by atoms with Gasteiger partial charge in [-0.1, -0.05) is 17.7 Å². The average Bonchev–Trinajstić information content (AvgIpc) is 3.17. The van der Waals surface area contributed by atoms with E-state index in [-0.39, 0.29) is 29.0 Å². The van der Waals surface area contributed by atoms with Crippen molar-refractivity contribution >= 4 is 17.5 Å². The van der Waals surface area contributed by atoms with Gasteiger partial charge in [0.1, 0.15) is 18.0 Å². The van der Waals surface area contributed by atoms with Gasteiger partial charge in [-0.25, -0.2) is 9.37 Å². The first kappa shape index (κ1) is 15.9. The highest BCUT2D eigenvalue weighted by molar-refractivity contribution is 6.34. The molecular formula is C15H16ClFN4O2. The molecule has 23 heavy (non-hydrogen) atoms. The van der Waals surface area contributed by atoms with Gasteiger partial charge in [-0.3, -0.25) is 9.89 Å². The van der Waals surface area contributed by atoms with Crippen LogP contribution in [0.5, 0.6) is 0 Å². The van der Waals surface area contributed by atoms with E-state index in [1.807, 2.05) is 0 Å². The molecule has 3 rings (SSSR count). The van der Waals surface area contributed by atoms with E-state index in [1.165, 1.54) is 24.5 Å². The third kappa shape index (κ3) is 3.35. The molecule has 1 fully saturated rings. The van der Waals surface area contributed by atoms with Gasteiger partial charge in [-0.15, -0.1) is 0 Å². The Balaban J connectivity index is 1.60. The predicted octanol–water partition coefficient (Wildman–Crippen LogP) is 1.88. The zero-order chi connectivity index (χ0) is 16.4. The molecule has 1 aliphatic carbocycles. The second-order valence-electron chi connectivity index (χ2n) is 5.68. The highest BCUT2D eigenvalue weighted by Gasteiger charge is 2.35. The minimum atomic E-state index is -0.634. The van der Waals surface area contributed by atoms with Gasteiger partial charge in [-0.05, 0) is 25.0 Å². The molecule has 0 radical (unpaired) electrons. The summed E-state index contributed by atoms with van der Waals surface area (Å²) in [6.45, 7) is 0.289. The summed E-state index contributed by atoms with van der Waals surface area (Å²) >= 11 is 5.80. The SMILES string of the molecule is O=C(NC[C@@H]1C[C@@H](c2ncn[nH]2)C[C@@H]1O)c1cccc(F)c1Cl. The van der Waals surface area contributed by atoms with Gasteiger partial charge in [0.2, 0.25) is 0 Å². The maximum absolute atomic E-state index is 13.4. The minimum absolute atomic E-state index is 0.0888. The topological polar surface area (TPSA) is 90.9 Å². The quantitative estimate of drug-likeness (QED) is 0.794. The number of aromatic amines is 1. The molecule has 3 atom stereocenters. The first-order valence-electron chi connectivity index (χ1n) is 7.31. The molecule has 122 valence electrons. The zero-order valence-corrected chi connectivity index (χ0v) is 12.9. The van der Waals surface area contributed by atoms with Crippen LogP contribution in [0.15, 0.2) is 24.5 Å². The van der Waals surface area contributed by atoms with Crippen molar-refractivity contribution in [3.63, 3.8) is 0 Å². The van der Waals surface area contributed by atoms with Crippen molar-refractivity contribution in [1.82, 2.24) is 20.5 Å². The van der Waals surface area contributed by atoms with Crippen molar-refractivity contribution < 1.29 is 14.3 Å². The van der Waals surface area contributed by atoms with Crippen LogP contribution in [0.2, 0.25) is 5.02 Å². The molecule has 8 heteroatoms. The number of hydrogen-bond donors (Lipinski definition) is 3. The van der Waals surface area contributed by atoms with E-state index in [0.29, 0.717) is 12.8 Å². The molecule has 1 aliphatic rings. The van der Waals surface area contributed by atoms with E-state index < -0.39 is 17.8 Å². The number of amides is 1. The number of halogens is 2.